The lowest BCUT2D eigenvalue weighted by molar-refractivity contribution is -0.302. The molecule has 61 heavy (non-hydrogen) atoms. The van der Waals surface area contributed by atoms with E-state index in [2.05, 4.69) is 21.3 Å². The lowest BCUT2D eigenvalue weighted by atomic mass is 9.91. The van der Waals surface area contributed by atoms with Crippen LogP contribution in [0.1, 0.15) is 41.7 Å². The average molecular weight is 891 g/mol. The second-order valence-electron chi connectivity index (χ2n) is 16.8. The first-order valence-corrected chi connectivity index (χ1v) is 22.4. The molecule has 1 spiro atoms. The van der Waals surface area contributed by atoms with E-state index in [9.17, 15) is 44.7 Å². The number of hydrogen-bond acceptors (Lipinski definition) is 16. The highest BCUT2D eigenvalue weighted by atomic mass is 32.2. The molecule has 1 aliphatic carbocycles. The Labute approximate surface area is 362 Å². The molecule has 5 unspecified atom stereocenters. The van der Waals surface area contributed by atoms with E-state index in [4.69, 9.17) is 25.7 Å². The molecule has 0 saturated carbocycles. The van der Waals surface area contributed by atoms with E-state index in [0.717, 1.165) is 27.8 Å². The molecule has 18 nitrogen and oxygen atoms in total. The monoisotopic (exact) mass is 890 g/mol. The molecule has 3 fully saturated rings. The number of aromatic hydroxyl groups is 1. The van der Waals surface area contributed by atoms with Crippen molar-refractivity contribution >= 4 is 47.2 Å². The fraction of sp³-hybridized carbons (Fsp3) is 0.610. The van der Waals surface area contributed by atoms with E-state index in [-0.39, 0.29) is 37.4 Å². The molecule has 3 aliphatic heterocycles. The number of epoxide rings is 1. The number of ether oxygens (including phenoxy) is 3. The summed E-state index contributed by atoms with van der Waals surface area (Å²) in [6.07, 6.45) is -8.77. The van der Waals surface area contributed by atoms with E-state index in [0.29, 0.717) is 11.5 Å². The SMILES string of the molecule is Cc1cc(O)cc(C)c1C[C@H](N)C(=O)N[C@@H]1CSCCSC(C)(C)[C@H](C(=O)N[C@@H](CO[C@@H]2OC(CO)[C@@H](O)C(O)C2O)C2OC2N)NC(=O)C2(Cc3ccccc3C2)NC1=O. The molecule has 13 N–H and O–H groups in total. The normalized spacial score (nSPS) is 31.0. The van der Waals surface area contributed by atoms with Gasteiger partial charge in [0.05, 0.1) is 25.3 Å². The van der Waals surface area contributed by atoms with Crippen molar-refractivity contribution in [3.05, 3.63) is 64.2 Å². The number of thioether (sulfide) groups is 2. The van der Waals surface area contributed by atoms with Crippen LogP contribution in [0.3, 0.4) is 0 Å². The Hall–Kier alpha value is -3.54. The smallest absolute Gasteiger partial charge is 0.247 e. The summed E-state index contributed by atoms with van der Waals surface area (Å²) in [7, 11) is 0. The molecule has 4 aliphatic rings. The summed E-state index contributed by atoms with van der Waals surface area (Å²) in [6, 6.07) is 6.39. The molecule has 20 heteroatoms. The number of nitrogens with two attached hydrogens (primary N) is 2. The van der Waals surface area contributed by atoms with Gasteiger partial charge >= 0.3 is 0 Å². The number of rotatable bonds is 11. The van der Waals surface area contributed by atoms with Crippen LogP contribution < -0.4 is 32.7 Å². The highest BCUT2D eigenvalue weighted by molar-refractivity contribution is 8.03. The molecule has 3 heterocycles. The summed E-state index contributed by atoms with van der Waals surface area (Å²) in [5.74, 6) is -1.08. The standard InChI is InChI=1S/C41H58N6O12S2/c1-19-11-23(49)12-20(2)24(19)13-25(42)35(53)45-27-18-60-9-10-61-40(3,4)33(46-39(56)41(47-36(27)54)14-21-7-5-6-8-22(21)15-41)37(55)44-26(32-34(43)59-32)17-57-38-31(52)30(51)29(50)28(16-48)58-38/h5-8,11-12,25-34,38,48-52H,9-10,13-18,42-43H2,1-4H3,(H,44,55)(H,45,53)(H,46,56)(H,47,54)/t25-,26-,27+,28?,29+,30?,31?,32?,33-,34?,38+/m0/s1. The van der Waals surface area contributed by atoms with Crippen LogP contribution in [-0.2, 0) is 52.7 Å². The van der Waals surface area contributed by atoms with Crippen LogP contribution >= 0.6 is 23.5 Å². The van der Waals surface area contributed by atoms with Gasteiger partial charge in [-0.15, -0.1) is 0 Å². The van der Waals surface area contributed by atoms with Gasteiger partial charge in [0.2, 0.25) is 23.6 Å². The minimum absolute atomic E-state index is 0.107. The number of nitrogens with one attached hydrogen (secondary N) is 4. The Morgan fingerprint density at radius 1 is 1.02 bits per heavy atom. The number of aliphatic hydroxyl groups is 4. The van der Waals surface area contributed by atoms with Crippen LogP contribution in [0.4, 0.5) is 0 Å². The predicted octanol–water partition coefficient (Wildman–Crippen LogP) is -2.25. The van der Waals surface area contributed by atoms with Crippen LogP contribution in [0.5, 0.6) is 5.75 Å². The number of hydrogen-bond donors (Lipinski definition) is 11. The van der Waals surface area contributed by atoms with Gasteiger partial charge in [-0.3, -0.25) is 19.2 Å². The summed E-state index contributed by atoms with van der Waals surface area (Å²) in [4.78, 5) is 57.3. The van der Waals surface area contributed by atoms with Crippen molar-refractivity contribution in [2.75, 3.05) is 30.5 Å². The zero-order valence-electron chi connectivity index (χ0n) is 34.5. The van der Waals surface area contributed by atoms with E-state index < -0.39 is 108 Å². The number of fused-ring (bicyclic) bond motifs is 1. The van der Waals surface area contributed by atoms with Crippen LogP contribution in [0, 0.1) is 13.8 Å². The third kappa shape index (κ3) is 10.8. The molecular weight excluding hydrogens is 833 g/mol. The van der Waals surface area contributed by atoms with E-state index in [1.54, 1.807) is 12.1 Å². The van der Waals surface area contributed by atoms with Gasteiger partial charge in [0.25, 0.3) is 0 Å². The summed E-state index contributed by atoms with van der Waals surface area (Å²) in [5.41, 5.74) is 14.9. The quantitative estimate of drug-likeness (QED) is 0.106. The van der Waals surface area contributed by atoms with Crippen molar-refractivity contribution in [3.63, 3.8) is 0 Å². The van der Waals surface area contributed by atoms with Crippen molar-refractivity contribution in [1.82, 2.24) is 21.3 Å². The zero-order chi connectivity index (χ0) is 44.4. The lowest BCUT2D eigenvalue weighted by Gasteiger charge is -2.40. The molecule has 6 rings (SSSR count). The van der Waals surface area contributed by atoms with Gasteiger partial charge in [0.1, 0.15) is 60.1 Å². The maximum absolute atomic E-state index is 14.8. The van der Waals surface area contributed by atoms with Gasteiger partial charge < -0.3 is 72.5 Å². The number of carbonyl (C=O) groups excluding carboxylic acids is 4. The Balaban J connectivity index is 1.22. The second kappa shape index (κ2) is 19.5. The van der Waals surface area contributed by atoms with Crippen molar-refractivity contribution in [2.45, 2.75) is 124 Å². The summed E-state index contributed by atoms with van der Waals surface area (Å²) in [5, 5.41) is 62.3. The van der Waals surface area contributed by atoms with Crippen LogP contribution in [0.15, 0.2) is 36.4 Å². The average Bonchev–Trinajstić information content (AvgIpc) is 3.81. The summed E-state index contributed by atoms with van der Waals surface area (Å²) >= 11 is 2.86. The second-order valence-corrected chi connectivity index (χ2v) is 19.7. The third-order valence-corrected chi connectivity index (χ3v) is 14.5. The van der Waals surface area contributed by atoms with Crippen molar-refractivity contribution < 1.29 is 58.9 Å². The minimum atomic E-state index is -1.68. The Bertz CT molecular complexity index is 1890. The Kier molecular flexibility index (Phi) is 15.0. The fourth-order valence-electron chi connectivity index (χ4n) is 8.13. The van der Waals surface area contributed by atoms with E-state index >= 15 is 0 Å². The van der Waals surface area contributed by atoms with Crippen LogP contribution in [-0.4, -0.2) is 157 Å². The lowest BCUT2D eigenvalue weighted by Crippen LogP contribution is -2.68. The number of aliphatic hydroxyl groups excluding tert-OH is 4. The molecule has 4 amide bonds. The van der Waals surface area contributed by atoms with Gasteiger partial charge in [0.15, 0.2) is 6.29 Å². The van der Waals surface area contributed by atoms with Crippen LogP contribution in [0.25, 0.3) is 0 Å². The highest BCUT2D eigenvalue weighted by Crippen LogP contribution is 2.35. The van der Waals surface area contributed by atoms with E-state index in [1.165, 1.54) is 23.5 Å². The summed E-state index contributed by atoms with van der Waals surface area (Å²) < 4.78 is 15.8. The first-order chi connectivity index (χ1) is 28.8. The summed E-state index contributed by atoms with van der Waals surface area (Å²) in [6.45, 7) is 6.29. The van der Waals surface area contributed by atoms with Gasteiger partial charge in [-0.2, -0.15) is 23.5 Å². The molecule has 0 bridgehead atoms. The van der Waals surface area contributed by atoms with Crippen LogP contribution in [0.2, 0.25) is 0 Å². The molecular formula is C41H58N6O12S2. The van der Waals surface area contributed by atoms with Gasteiger partial charge in [-0.25, -0.2) is 0 Å². The van der Waals surface area contributed by atoms with Crippen molar-refractivity contribution in [1.29, 1.82) is 0 Å². The Morgan fingerprint density at radius 3 is 2.26 bits per heavy atom. The molecule has 2 aromatic rings. The largest absolute Gasteiger partial charge is 0.508 e. The molecule has 11 atom stereocenters. The van der Waals surface area contributed by atoms with Crippen molar-refractivity contribution in [2.24, 2.45) is 11.5 Å². The Morgan fingerprint density at radius 2 is 1.66 bits per heavy atom. The number of carbonyl (C=O) groups is 4. The number of phenols is 1. The molecule has 0 radical (unpaired) electrons. The maximum atomic E-state index is 14.8. The molecule has 0 aromatic heterocycles. The zero-order valence-corrected chi connectivity index (χ0v) is 36.2. The fourth-order valence-corrected chi connectivity index (χ4v) is 10.4. The minimum Gasteiger partial charge on any atom is -0.508 e. The first-order valence-electron chi connectivity index (χ1n) is 20.2. The highest BCUT2D eigenvalue weighted by Gasteiger charge is 2.51. The number of phenolic OH excluding ortho intramolecular Hbond substituents is 1. The van der Waals surface area contributed by atoms with Gasteiger partial charge in [-0.05, 0) is 74.1 Å². The first kappa shape index (κ1) is 47.0. The number of aryl methyl sites for hydroxylation is 2. The number of amides is 4. The van der Waals surface area contributed by atoms with Gasteiger partial charge in [0, 0.05) is 34.8 Å². The molecule has 336 valence electrons. The van der Waals surface area contributed by atoms with Gasteiger partial charge in [-0.1, -0.05) is 24.3 Å². The molecule has 3 saturated heterocycles. The van der Waals surface area contributed by atoms with Crippen molar-refractivity contribution in [3.8, 4) is 5.75 Å². The molecule has 2 aromatic carbocycles. The topological polar surface area (TPSA) is 301 Å². The van der Waals surface area contributed by atoms with E-state index in [1.807, 2.05) is 52.0 Å². The maximum Gasteiger partial charge on any atom is 0.247 e. The predicted molar refractivity (Wildman–Crippen MR) is 226 cm³/mol. The third-order valence-electron chi connectivity index (χ3n) is 11.8. The number of benzene rings is 2.